The van der Waals surface area contributed by atoms with Crippen LogP contribution in [0.3, 0.4) is 0 Å². The van der Waals surface area contributed by atoms with Gasteiger partial charge in [0.15, 0.2) is 0 Å². The molecule has 0 spiro atoms. The van der Waals surface area contributed by atoms with E-state index in [4.69, 9.17) is 5.73 Å². The van der Waals surface area contributed by atoms with Crippen LogP contribution in [0.4, 0.5) is 0 Å². The van der Waals surface area contributed by atoms with E-state index >= 15 is 0 Å². The van der Waals surface area contributed by atoms with Crippen molar-refractivity contribution < 1.29 is 4.79 Å². The van der Waals surface area contributed by atoms with E-state index in [0.29, 0.717) is 11.3 Å². The molecule has 0 aliphatic carbocycles. The molecule has 0 bridgehead atoms. The third-order valence-electron chi connectivity index (χ3n) is 1.19. The van der Waals surface area contributed by atoms with Crippen molar-refractivity contribution in [3.63, 3.8) is 0 Å². The molecule has 0 unspecified atom stereocenters. The van der Waals surface area contributed by atoms with Crippen molar-refractivity contribution in [2.24, 2.45) is 5.73 Å². The van der Waals surface area contributed by atoms with Gasteiger partial charge in [-0.25, -0.2) is 0 Å². The number of rotatable bonds is 1. The molecule has 2 N–H and O–H groups in total. The molecule has 0 radical (unpaired) electrons. The van der Waals surface area contributed by atoms with E-state index in [-0.39, 0.29) is 0 Å². The van der Waals surface area contributed by atoms with E-state index in [1.165, 1.54) is 12.3 Å². The van der Waals surface area contributed by atoms with Crippen LogP contribution in [0.15, 0.2) is 12.3 Å². The summed E-state index contributed by atoms with van der Waals surface area (Å²) < 4.78 is 0. The van der Waals surface area contributed by atoms with Gasteiger partial charge in [-0.15, -0.1) is 5.10 Å². The number of primary amides is 1. The van der Waals surface area contributed by atoms with Crippen LogP contribution in [0, 0.1) is 11.8 Å². The molecule has 12 heavy (non-hydrogen) atoms. The lowest BCUT2D eigenvalue weighted by Crippen LogP contribution is -2.11. The van der Waals surface area contributed by atoms with Gasteiger partial charge in [0, 0.05) is 0 Å². The Morgan fingerprint density at radius 2 is 2.42 bits per heavy atom. The lowest BCUT2D eigenvalue weighted by molar-refractivity contribution is 0.0999. The fourth-order valence-corrected chi connectivity index (χ4v) is 0.691. The predicted octanol–water partition coefficient (Wildman–Crippen LogP) is -0.0531. The number of aromatic nitrogens is 2. The fourth-order valence-electron chi connectivity index (χ4n) is 0.691. The van der Waals surface area contributed by atoms with Gasteiger partial charge in [0.25, 0.3) is 0 Å². The Morgan fingerprint density at radius 1 is 1.67 bits per heavy atom. The van der Waals surface area contributed by atoms with E-state index < -0.39 is 5.91 Å². The smallest absolute Gasteiger partial charge is 0.250 e. The summed E-state index contributed by atoms with van der Waals surface area (Å²) in [6.07, 6.45) is 1.31. The molecule has 1 rings (SSSR count). The number of nitrogens with two attached hydrogens (primary N) is 1. The highest BCUT2D eigenvalue weighted by atomic mass is 16.1. The van der Waals surface area contributed by atoms with Crippen molar-refractivity contribution in [1.82, 2.24) is 10.2 Å². The molecule has 0 saturated heterocycles. The average Bonchev–Trinajstić information content (AvgIpc) is 2.05. The standard InChI is InChI=1S/C8H7N3O/c1-2-3-7-4-6(8(9)12)5-10-11-7/h4-5H,1H3,(H2,9,12). The first-order valence-corrected chi connectivity index (χ1v) is 3.29. The molecule has 1 aromatic rings. The zero-order valence-corrected chi connectivity index (χ0v) is 6.53. The molecule has 4 heteroatoms. The maximum Gasteiger partial charge on any atom is 0.250 e. The molecule has 0 aliphatic heterocycles. The molecule has 1 amide bonds. The highest BCUT2D eigenvalue weighted by Crippen LogP contribution is 1.96. The van der Waals surface area contributed by atoms with Crippen LogP contribution in [-0.4, -0.2) is 16.1 Å². The maximum absolute atomic E-state index is 10.7. The molecule has 60 valence electrons. The normalized spacial score (nSPS) is 8.42. The summed E-state index contributed by atoms with van der Waals surface area (Å²) >= 11 is 0. The summed E-state index contributed by atoms with van der Waals surface area (Å²) in [5.74, 6) is 4.79. The van der Waals surface area contributed by atoms with Crippen LogP contribution < -0.4 is 5.73 Å². The quantitative estimate of drug-likeness (QED) is 0.587. The minimum Gasteiger partial charge on any atom is -0.366 e. The van der Waals surface area contributed by atoms with Crippen LogP contribution >= 0.6 is 0 Å². The number of hydrogen-bond donors (Lipinski definition) is 1. The second-order valence-corrected chi connectivity index (χ2v) is 2.07. The monoisotopic (exact) mass is 161 g/mol. The molecular formula is C8H7N3O. The Kier molecular flexibility index (Phi) is 2.38. The summed E-state index contributed by atoms with van der Waals surface area (Å²) in [5, 5.41) is 7.25. The van der Waals surface area contributed by atoms with Gasteiger partial charge >= 0.3 is 0 Å². The first-order valence-electron chi connectivity index (χ1n) is 3.29. The van der Waals surface area contributed by atoms with Gasteiger partial charge in [-0.1, -0.05) is 5.92 Å². The van der Waals surface area contributed by atoms with Gasteiger partial charge in [0.1, 0.15) is 5.69 Å². The van der Waals surface area contributed by atoms with Crippen molar-refractivity contribution in [3.8, 4) is 11.8 Å². The summed E-state index contributed by atoms with van der Waals surface area (Å²) in [4.78, 5) is 10.7. The van der Waals surface area contributed by atoms with Crippen molar-refractivity contribution in [2.75, 3.05) is 0 Å². The summed E-state index contributed by atoms with van der Waals surface area (Å²) in [5.41, 5.74) is 5.80. The average molecular weight is 161 g/mol. The third kappa shape index (κ3) is 1.80. The minimum absolute atomic E-state index is 0.322. The number of carbonyl (C=O) groups excluding carboxylic acids is 1. The zero-order valence-electron chi connectivity index (χ0n) is 6.53. The number of nitrogens with zero attached hydrogens (tertiary/aromatic N) is 2. The van der Waals surface area contributed by atoms with Gasteiger partial charge in [-0.2, -0.15) is 5.10 Å². The molecule has 0 aliphatic rings. The molecule has 0 fully saturated rings. The SMILES string of the molecule is CC#Cc1cc(C(N)=O)cnn1. The molecule has 0 saturated carbocycles. The Morgan fingerprint density at radius 3 is 3.00 bits per heavy atom. The fraction of sp³-hybridized carbons (Fsp3) is 0.125. The Hall–Kier alpha value is -1.89. The number of amides is 1. The number of carbonyl (C=O) groups is 1. The van der Waals surface area contributed by atoms with Crippen LogP contribution in [0.25, 0.3) is 0 Å². The predicted molar refractivity (Wildman–Crippen MR) is 43.1 cm³/mol. The van der Waals surface area contributed by atoms with E-state index in [2.05, 4.69) is 22.0 Å². The van der Waals surface area contributed by atoms with Crippen LogP contribution in [0.1, 0.15) is 23.0 Å². The van der Waals surface area contributed by atoms with Gasteiger partial charge in [-0.3, -0.25) is 4.79 Å². The Labute approximate surface area is 69.8 Å². The van der Waals surface area contributed by atoms with E-state index in [0.717, 1.165) is 0 Å². The van der Waals surface area contributed by atoms with Gasteiger partial charge < -0.3 is 5.73 Å². The zero-order chi connectivity index (χ0) is 8.97. The molecule has 0 atom stereocenters. The molecule has 4 nitrogen and oxygen atoms in total. The molecule has 0 aromatic carbocycles. The molecular weight excluding hydrogens is 154 g/mol. The largest absolute Gasteiger partial charge is 0.366 e. The van der Waals surface area contributed by atoms with E-state index in [9.17, 15) is 4.79 Å². The number of hydrogen-bond acceptors (Lipinski definition) is 3. The highest BCUT2D eigenvalue weighted by Gasteiger charge is 2.00. The summed E-state index contributed by atoms with van der Waals surface area (Å²) in [6.45, 7) is 1.68. The van der Waals surface area contributed by atoms with E-state index in [1.807, 2.05) is 0 Å². The second kappa shape index (κ2) is 3.49. The Bertz CT molecular complexity index is 362. The third-order valence-corrected chi connectivity index (χ3v) is 1.19. The molecule has 1 heterocycles. The second-order valence-electron chi connectivity index (χ2n) is 2.07. The first kappa shape index (κ1) is 8.21. The summed E-state index contributed by atoms with van der Waals surface area (Å²) in [6, 6.07) is 1.51. The summed E-state index contributed by atoms with van der Waals surface area (Å²) in [7, 11) is 0. The molecule has 1 aromatic heterocycles. The van der Waals surface area contributed by atoms with Crippen LogP contribution in [-0.2, 0) is 0 Å². The van der Waals surface area contributed by atoms with Gasteiger partial charge in [0.2, 0.25) is 5.91 Å². The Balaban J connectivity index is 3.09. The van der Waals surface area contributed by atoms with Gasteiger partial charge in [0.05, 0.1) is 11.8 Å². The topological polar surface area (TPSA) is 68.9 Å². The van der Waals surface area contributed by atoms with Crippen LogP contribution in [0.2, 0.25) is 0 Å². The van der Waals surface area contributed by atoms with Crippen molar-refractivity contribution >= 4 is 5.91 Å². The maximum atomic E-state index is 10.7. The van der Waals surface area contributed by atoms with Crippen LogP contribution in [0.5, 0.6) is 0 Å². The lowest BCUT2D eigenvalue weighted by atomic mass is 10.2. The first-order chi connectivity index (χ1) is 5.74. The van der Waals surface area contributed by atoms with Crippen molar-refractivity contribution in [2.45, 2.75) is 6.92 Å². The minimum atomic E-state index is -0.524. The van der Waals surface area contributed by atoms with Crippen molar-refractivity contribution in [1.29, 1.82) is 0 Å². The van der Waals surface area contributed by atoms with Crippen molar-refractivity contribution in [3.05, 3.63) is 23.5 Å². The lowest BCUT2D eigenvalue weighted by Gasteiger charge is -1.92. The highest BCUT2D eigenvalue weighted by molar-refractivity contribution is 5.92. The van der Waals surface area contributed by atoms with E-state index in [1.54, 1.807) is 6.92 Å². The van der Waals surface area contributed by atoms with Gasteiger partial charge in [-0.05, 0) is 18.9 Å².